The van der Waals surface area contributed by atoms with Crippen molar-refractivity contribution in [3.05, 3.63) is 64.7 Å². The third-order valence-electron chi connectivity index (χ3n) is 5.49. The van der Waals surface area contributed by atoms with E-state index in [2.05, 4.69) is 6.92 Å². The summed E-state index contributed by atoms with van der Waals surface area (Å²) in [4.78, 5) is 27.1. The van der Waals surface area contributed by atoms with Gasteiger partial charge in [-0.3, -0.25) is 9.59 Å². The molecule has 1 atom stereocenters. The number of Topliss-reactive ketones (excluding diaryl/α,β-unsaturated/α-hetero) is 1. The number of amides is 1. The molecule has 0 spiro atoms. The molecule has 32 heavy (non-hydrogen) atoms. The van der Waals surface area contributed by atoms with Crippen molar-refractivity contribution in [2.24, 2.45) is 0 Å². The van der Waals surface area contributed by atoms with Gasteiger partial charge in [0.15, 0.2) is 0 Å². The van der Waals surface area contributed by atoms with Crippen molar-refractivity contribution in [2.45, 2.75) is 32.7 Å². The Kier molecular flexibility index (Phi) is 7.53. The van der Waals surface area contributed by atoms with Crippen molar-refractivity contribution in [2.75, 3.05) is 26.9 Å². The van der Waals surface area contributed by atoms with Gasteiger partial charge in [-0.1, -0.05) is 25.5 Å². The molecular formula is C25H29NO6. The fourth-order valence-electron chi connectivity index (χ4n) is 3.74. The van der Waals surface area contributed by atoms with Crippen LogP contribution in [0.1, 0.15) is 42.5 Å². The van der Waals surface area contributed by atoms with Gasteiger partial charge in [-0.15, -0.1) is 0 Å². The molecule has 2 aromatic carbocycles. The zero-order valence-corrected chi connectivity index (χ0v) is 18.6. The highest BCUT2D eigenvalue weighted by Crippen LogP contribution is 2.40. The fraction of sp³-hybridized carbons (Fsp3) is 0.360. The molecule has 7 heteroatoms. The number of carbonyl (C=O) groups is 2. The molecule has 2 aromatic rings. The van der Waals surface area contributed by atoms with Crippen LogP contribution >= 0.6 is 0 Å². The van der Waals surface area contributed by atoms with Crippen molar-refractivity contribution in [3.63, 3.8) is 0 Å². The summed E-state index contributed by atoms with van der Waals surface area (Å²) < 4.78 is 10.9. The number of rotatable bonds is 9. The van der Waals surface area contributed by atoms with Crippen LogP contribution in [0.15, 0.2) is 48.0 Å². The molecule has 1 saturated heterocycles. The van der Waals surface area contributed by atoms with E-state index in [4.69, 9.17) is 9.47 Å². The highest BCUT2D eigenvalue weighted by atomic mass is 16.5. The smallest absolute Gasteiger partial charge is 0.295 e. The molecule has 3 rings (SSSR count). The third-order valence-corrected chi connectivity index (χ3v) is 5.49. The van der Waals surface area contributed by atoms with Crippen LogP contribution in [-0.2, 0) is 14.3 Å². The van der Waals surface area contributed by atoms with Crippen molar-refractivity contribution in [1.82, 2.24) is 4.90 Å². The topological polar surface area (TPSA) is 96.3 Å². The number of benzene rings is 2. The lowest BCUT2D eigenvalue weighted by Gasteiger charge is -2.25. The summed E-state index contributed by atoms with van der Waals surface area (Å²) in [6.07, 6.45) is 1.97. The van der Waals surface area contributed by atoms with E-state index in [9.17, 15) is 19.8 Å². The molecule has 0 bridgehead atoms. The quantitative estimate of drug-likeness (QED) is 0.266. The summed E-state index contributed by atoms with van der Waals surface area (Å²) in [5, 5.41) is 20.8. The van der Waals surface area contributed by atoms with Crippen LogP contribution in [0.25, 0.3) is 5.76 Å². The molecule has 7 nitrogen and oxygen atoms in total. The molecule has 1 aliphatic rings. The fourth-order valence-corrected chi connectivity index (χ4v) is 3.74. The Hall–Kier alpha value is -3.32. The van der Waals surface area contributed by atoms with Gasteiger partial charge in [0.05, 0.1) is 24.8 Å². The van der Waals surface area contributed by atoms with Gasteiger partial charge in [0.25, 0.3) is 11.7 Å². The standard InChI is InChI=1S/C25H29NO6/c1-4-5-13-32-20-11-8-18(15-16(20)2)23(28)21-22(17-6-9-19(27)10-7-17)26(12-14-31-3)25(30)24(21)29/h6-11,15,22,27-28H,4-5,12-14H2,1-3H3/t22-/m0/s1. The van der Waals surface area contributed by atoms with Crippen LogP contribution in [-0.4, -0.2) is 53.7 Å². The number of phenols is 1. The highest BCUT2D eigenvalue weighted by molar-refractivity contribution is 6.46. The summed E-state index contributed by atoms with van der Waals surface area (Å²) in [6.45, 7) is 4.99. The first-order valence-corrected chi connectivity index (χ1v) is 10.7. The van der Waals surface area contributed by atoms with Gasteiger partial charge < -0.3 is 24.6 Å². The molecule has 0 saturated carbocycles. The molecule has 0 aliphatic carbocycles. The summed E-state index contributed by atoms with van der Waals surface area (Å²) in [6, 6.07) is 10.6. The number of unbranched alkanes of at least 4 members (excludes halogenated alkanes) is 1. The van der Waals surface area contributed by atoms with Gasteiger partial charge in [-0.05, 0) is 54.8 Å². The van der Waals surface area contributed by atoms with Crippen molar-refractivity contribution in [3.8, 4) is 11.5 Å². The lowest BCUT2D eigenvalue weighted by Crippen LogP contribution is -2.32. The zero-order chi connectivity index (χ0) is 23.3. The van der Waals surface area contributed by atoms with Gasteiger partial charge in [0, 0.05) is 19.2 Å². The number of ketones is 1. The minimum atomic E-state index is -0.786. The maximum absolute atomic E-state index is 12.9. The van der Waals surface area contributed by atoms with E-state index in [1.165, 1.54) is 24.1 Å². The molecule has 0 unspecified atom stereocenters. The first-order chi connectivity index (χ1) is 15.4. The zero-order valence-electron chi connectivity index (χ0n) is 18.6. The van der Waals surface area contributed by atoms with E-state index in [1.54, 1.807) is 30.3 Å². The monoisotopic (exact) mass is 439 g/mol. The number of hydrogen-bond donors (Lipinski definition) is 2. The van der Waals surface area contributed by atoms with Crippen LogP contribution in [0.4, 0.5) is 0 Å². The van der Waals surface area contributed by atoms with Crippen molar-refractivity contribution in [1.29, 1.82) is 0 Å². The van der Waals surface area contributed by atoms with Crippen LogP contribution in [0.5, 0.6) is 11.5 Å². The SMILES string of the molecule is CCCCOc1ccc(C(O)=C2C(=O)C(=O)N(CCOC)[C@H]2c2ccc(O)cc2)cc1C. The lowest BCUT2D eigenvalue weighted by molar-refractivity contribution is -0.140. The molecule has 1 heterocycles. The van der Waals surface area contributed by atoms with Crippen LogP contribution in [0, 0.1) is 6.92 Å². The Morgan fingerprint density at radius 3 is 2.44 bits per heavy atom. The Balaban J connectivity index is 2.04. The largest absolute Gasteiger partial charge is 0.508 e. The van der Waals surface area contributed by atoms with Gasteiger partial charge in [-0.2, -0.15) is 0 Å². The molecule has 1 aliphatic heterocycles. The summed E-state index contributed by atoms with van der Waals surface area (Å²) >= 11 is 0. The number of methoxy groups -OCH3 is 1. The number of ether oxygens (including phenoxy) is 2. The van der Waals surface area contributed by atoms with E-state index in [0.717, 1.165) is 18.4 Å². The maximum Gasteiger partial charge on any atom is 0.295 e. The number of likely N-dealkylation sites (tertiary alicyclic amines) is 1. The number of aryl methyl sites for hydroxylation is 1. The number of phenolic OH excluding ortho intramolecular Hbond substituents is 1. The Morgan fingerprint density at radius 1 is 1.09 bits per heavy atom. The molecule has 2 N–H and O–H groups in total. The van der Waals surface area contributed by atoms with Gasteiger partial charge in [0.2, 0.25) is 0 Å². The molecule has 1 fully saturated rings. The van der Waals surface area contributed by atoms with Crippen molar-refractivity contribution >= 4 is 17.4 Å². The predicted octanol–water partition coefficient (Wildman–Crippen LogP) is 3.95. The molecule has 0 radical (unpaired) electrons. The van der Waals surface area contributed by atoms with E-state index in [-0.39, 0.29) is 30.2 Å². The Bertz CT molecular complexity index is 1010. The van der Waals surface area contributed by atoms with Crippen LogP contribution in [0.3, 0.4) is 0 Å². The number of nitrogens with zero attached hydrogens (tertiary/aromatic N) is 1. The molecule has 0 aromatic heterocycles. The predicted molar refractivity (Wildman–Crippen MR) is 121 cm³/mol. The lowest BCUT2D eigenvalue weighted by atomic mass is 9.94. The second-order valence-electron chi connectivity index (χ2n) is 7.76. The maximum atomic E-state index is 12.9. The molecular weight excluding hydrogens is 410 g/mol. The van der Waals surface area contributed by atoms with Crippen molar-refractivity contribution < 1.29 is 29.3 Å². The average molecular weight is 440 g/mol. The number of aliphatic hydroxyl groups excluding tert-OH is 1. The molecule has 170 valence electrons. The van der Waals surface area contributed by atoms with Gasteiger partial charge in [0.1, 0.15) is 17.3 Å². The second-order valence-corrected chi connectivity index (χ2v) is 7.76. The first kappa shape index (κ1) is 23.3. The Morgan fingerprint density at radius 2 is 1.81 bits per heavy atom. The number of hydrogen-bond acceptors (Lipinski definition) is 6. The number of aromatic hydroxyl groups is 1. The van der Waals surface area contributed by atoms with Gasteiger partial charge in [-0.25, -0.2) is 0 Å². The molecule has 1 amide bonds. The van der Waals surface area contributed by atoms with Crippen LogP contribution in [0.2, 0.25) is 0 Å². The minimum Gasteiger partial charge on any atom is -0.508 e. The van der Waals surface area contributed by atoms with E-state index in [0.29, 0.717) is 23.5 Å². The third kappa shape index (κ3) is 4.78. The van der Waals surface area contributed by atoms with E-state index < -0.39 is 17.7 Å². The number of aliphatic hydroxyl groups is 1. The average Bonchev–Trinajstić information content (AvgIpc) is 3.03. The first-order valence-electron chi connectivity index (χ1n) is 10.7. The van der Waals surface area contributed by atoms with E-state index in [1.807, 2.05) is 6.92 Å². The summed E-state index contributed by atoms with van der Waals surface area (Å²) in [7, 11) is 1.51. The second kappa shape index (κ2) is 10.3. The summed E-state index contributed by atoms with van der Waals surface area (Å²) in [5.41, 5.74) is 1.87. The highest BCUT2D eigenvalue weighted by Gasteiger charge is 2.45. The van der Waals surface area contributed by atoms with E-state index >= 15 is 0 Å². The minimum absolute atomic E-state index is 0.0100. The number of carbonyl (C=O) groups excluding carboxylic acids is 2. The van der Waals surface area contributed by atoms with Gasteiger partial charge >= 0.3 is 0 Å². The Labute approximate surface area is 187 Å². The van der Waals surface area contributed by atoms with Crippen LogP contribution < -0.4 is 4.74 Å². The normalized spacial score (nSPS) is 17.7. The summed E-state index contributed by atoms with van der Waals surface area (Å²) in [5.74, 6) is -0.914.